The molecule has 126 valence electrons. The zero-order chi connectivity index (χ0) is 16.8. The number of hydrogen-bond donors (Lipinski definition) is 0. The summed E-state index contributed by atoms with van der Waals surface area (Å²) in [5.74, 6) is 0.683. The molecule has 0 bridgehead atoms. The van der Waals surface area contributed by atoms with Crippen LogP contribution in [0.2, 0.25) is 0 Å². The molecule has 1 aliphatic heterocycles. The molecule has 0 spiro atoms. The van der Waals surface area contributed by atoms with E-state index in [1.807, 2.05) is 37.4 Å². The molecule has 1 aliphatic rings. The molecule has 1 fully saturated rings. The Kier molecular flexibility index (Phi) is 5.98. The zero-order valence-electron chi connectivity index (χ0n) is 14.1. The summed E-state index contributed by atoms with van der Waals surface area (Å²) in [6.45, 7) is 2.24. The zero-order valence-corrected chi connectivity index (χ0v) is 14.1. The van der Waals surface area contributed by atoms with Gasteiger partial charge in [0.15, 0.2) is 0 Å². The lowest BCUT2D eigenvalue weighted by molar-refractivity contribution is -0.147. The van der Waals surface area contributed by atoms with Gasteiger partial charge in [0.05, 0.1) is 13.0 Å². The van der Waals surface area contributed by atoms with Crippen molar-refractivity contribution in [3.8, 4) is 5.75 Å². The minimum absolute atomic E-state index is 0.0331. The van der Waals surface area contributed by atoms with Gasteiger partial charge < -0.3 is 19.4 Å². The molecule has 1 aromatic carbocycles. The third-order valence-corrected chi connectivity index (χ3v) is 3.96. The van der Waals surface area contributed by atoms with Crippen molar-refractivity contribution in [3.05, 3.63) is 30.3 Å². The third kappa shape index (κ3) is 4.69. The van der Waals surface area contributed by atoms with E-state index >= 15 is 0 Å². The van der Waals surface area contributed by atoms with Crippen molar-refractivity contribution in [2.45, 2.75) is 12.5 Å². The van der Waals surface area contributed by atoms with E-state index in [9.17, 15) is 9.59 Å². The van der Waals surface area contributed by atoms with E-state index in [1.54, 1.807) is 23.9 Å². The molecule has 0 aromatic heterocycles. The predicted molar refractivity (Wildman–Crippen MR) is 88.2 cm³/mol. The molecule has 1 heterocycles. The number of benzene rings is 1. The lowest BCUT2D eigenvalue weighted by Crippen LogP contribution is -2.59. The highest BCUT2D eigenvalue weighted by atomic mass is 16.5. The van der Waals surface area contributed by atoms with Gasteiger partial charge >= 0.3 is 0 Å². The fourth-order valence-electron chi connectivity index (χ4n) is 2.64. The minimum Gasteiger partial charge on any atom is -0.493 e. The first-order valence-corrected chi connectivity index (χ1v) is 7.86. The van der Waals surface area contributed by atoms with Gasteiger partial charge in [-0.05, 0) is 19.2 Å². The van der Waals surface area contributed by atoms with E-state index in [2.05, 4.69) is 4.90 Å². The molecule has 2 amide bonds. The summed E-state index contributed by atoms with van der Waals surface area (Å²) in [6.07, 6.45) is 0.274. The monoisotopic (exact) mass is 319 g/mol. The molecule has 1 unspecified atom stereocenters. The molecule has 0 radical (unpaired) electrons. The number of carbonyl (C=O) groups is 2. The van der Waals surface area contributed by atoms with Crippen LogP contribution in [0.15, 0.2) is 30.3 Å². The Morgan fingerprint density at radius 1 is 1.22 bits per heavy atom. The molecular formula is C17H25N3O3. The number of amides is 2. The molecule has 6 nitrogen and oxygen atoms in total. The predicted octanol–water partition coefficient (Wildman–Crippen LogP) is 0.686. The Morgan fingerprint density at radius 3 is 2.57 bits per heavy atom. The largest absolute Gasteiger partial charge is 0.493 e. The van der Waals surface area contributed by atoms with Crippen LogP contribution in [0.5, 0.6) is 5.75 Å². The van der Waals surface area contributed by atoms with Gasteiger partial charge in [-0.2, -0.15) is 0 Å². The van der Waals surface area contributed by atoms with Gasteiger partial charge in [-0.1, -0.05) is 18.2 Å². The number of carbonyl (C=O) groups excluding carboxylic acids is 2. The van der Waals surface area contributed by atoms with Crippen molar-refractivity contribution in [2.24, 2.45) is 0 Å². The van der Waals surface area contributed by atoms with Crippen molar-refractivity contribution in [3.63, 3.8) is 0 Å². The fraction of sp³-hybridized carbons (Fsp3) is 0.529. The topological polar surface area (TPSA) is 53.1 Å². The highest BCUT2D eigenvalue weighted by Gasteiger charge is 2.34. The van der Waals surface area contributed by atoms with Crippen LogP contribution in [-0.4, -0.2) is 79.9 Å². The van der Waals surface area contributed by atoms with E-state index in [0.717, 1.165) is 12.3 Å². The molecular weight excluding hydrogens is 294 g/mol. The van der Waals surface area contributed by atoms with Gasteiger partial charge in [-0.15, -0.1) is 0 Å². The van der Waals surface area contributed by atoms with E-state index < -0.39 is 6.04 Å². The first kappa shape index (κ1) is 17.3. The first-order chi connectivity index (χ1) is 11.0. The Balaban J connectivity index is 1.91. The molecule has 1 aromatic rings. The number of rotatable bonds is 5. The van der Waals surface area contributed by atoms with E-state index in [0.29, 0.717) is 19.7 Å². The highest BCUT2D eigenvalue weighted by molar-refractivity contribution is 5.88. The van der Waals surface area contributed by atoms with Crippen LogP contribution in [-0.2, 0) is 9.59 Å². The number of likely N-dealkylation sites (N-methyl/N-ethyl adjacent to an activating group) is 2. The van der Waals surface area contributed by atoms with Crippen LogP contribution in [0.4, 0.5) is 0 Å². The Bertz CT molecular complexity index is 533. The summed E-state index contributed by atoms with van der Waals surface area (Å²) >= 11 is 0. The van der Waals surface area contributed by atoms with Crippen LogP contribution < -0.4 is 4.74 Å². The van der Waals surface area contributed by atoms with Crippen LogP contribution in [0.25, 0.3) is 0 Å². The van der Waals surface area contributed by atoms with Crippen LogP contribution >= 0.6 is 0 Å². The van der Waals surface area contributed by atoms with Crippen molar-refractivity contribution in [2.75, 3.05) is 47.4 Å². The maximum atomic E-state index is 12.5. The molecule has 6 heteroatoms. The second-order valence-corrected chi connectivity index (χ2v) is 6.01. The summed E-state index contributed by atoms with van der Waals surface area (Å²) in [7, 11) is 5.41. The lowest BCUT2D eigenvalue weighted by Gasteiger charge is -2.40. The smallest absolute Gasteiger partial charge is 0.246 e. The lowest BCUT2D eigenvalue weighted by atomic mass is 10.1. The molecule has 0 N–H and O–H groups in total. The fourth-order valence-corrected chi connectivity index (χ4v) is 2.64. The number of nitrogens with zero attached hydrogens (tertiary/aromatic N) is 3. The third-order valence-electron chi connectivity index (χ3n) is 3.96. The number of ether oxygens (including phenoxy) is 1. The standard InChI is InChI=1S/C17H25N3O3/c1-18(2)17(22)15-13-19(3)10-11-20(15)16(21)9-12-23-14-7-5-4-6-8-14/h4-8,15H,9-13H2,1-3H3. The number of hydrogen-bond acceptors (Lipinski definition) is 4. The maximum absolute atomic E-state index is 12.5. The van der Waals surface area contributed by atoms with Crippen LogP contribution in [0.1, 0.15) is 6.42 Å². The number of para-hydroxylation sites is 1. The van der Waals surface area contributed by atoms with Gasteiger partial charge in [0.25, 0.3) is 0 Å². The van der Waals surface area contributed by atoms with Gasteiger partial charge in [-0.25, -0.2) is 0 Å². The van der Waals surface area contributed by atoms with Crippen molar-refractivity contribution >= 4 is 11.8 Å². The summed E-state index contributed by atoms with van der Waals surface area (Å²) in [6, 6.07) is 9.01. The second kappa shape index (κ2) is 7.97. The summed E-state index contributed by atoms with van der Waals surface area (Å²) in [5.41, 5.74) is 0. The van der Waals surface area contributed by atoms with Gasteiger partial charge in [0.2, 0.25) is 11.8 Å². The molecule has 0 aliphatic carbocycles. The van der Waals surface area contributed by atoms with Crippen LogP contribution in [0, 0.1) is 0 Å². The van der Waals surface area contributed by atoms with Crippen molar-refractivity contribution < 1.29 is 14.3 Å². The van der Waals surface area contributed by atoms with E-state index in [4.69, 9.17) is 4.74 Å². The van der Waals surface area contributed by atoms with Crippen LogP contribution in [0.3, 0.4) is 0 Å². The normalized spacial score (nSPS) is 18.6. The molecule has 2 rings (SSSR count). The van der Waals surface area contributed by atoms with E-state index in [-0.39, 0.29) is 18.2 Å². The molecule has 1 saturated heterocycles. The molecule has 1 atom stereocenters. The average Bonchev–Trinajstić information content (AvgIpc) is 2.54. The van der Waals surface area contributed by atoms with Crippen molar-refractivity contribution in [1.29, 1.82) is 0 Å². The Labute approximate surface area is 137 Å². The van der Waals surface area contributed by atoms with Gasteiger partial charge in [-0.3, -0.25) is 9.59 Å². The maximum Gasteiger partial charge on any atom is 0.246 e. The van der Waals surface area contributed by atoms with Crippen molar-refractivity contribution in [1.82, 2.24) is 14.7 Å². The second-order valence-electron chi connectivity index (χ2n) is 6.01. The van der Waals surface area contributed by atoms with E-state index in [1.165, 1.54) is 0 Å². The summed E-state index contributed by atoms with van der Waals surface area (Å²) in [5, 5.41) is 0. The quantitative estimate of drug-likeness (QED) is 0.801. The Hall–Kier alpha value is -2.08. The Morgan fingerprint density at radius 2 is 1.91 bits per heavy atom. The SMILES string of the molecule is CN1CCN(C(=O)CCOc2ccccc2)C(C(=O)N(C)C)C1. The van der Waals surface area contributed by atoms with Gasteiger partial charge in [0.1, 0.15) is 11.8 Å². The highest BCUT2D eigenvalue weighted by Crippen LogP contribution is 2.13. The number of piperazine rings is 1. The molecule has 23 heavy (non-hydrogen) atoms. The first-order valence-electron chi connectivity index (χ1n) is 7.86. The summed E-state index contributed by atoms with van der Waals surface area (Å²) < 4.78 is 5.58. The average molecular weight is 319 g/mol. The summed E-state index contributed by atoms with van der Waals surface area (Å²) in [4.78, 5) is 30.1. The van der Waals surface area contributed by atoms with Gasteiger partial charge in [0, 0.05) is 33.7 Å². The molecule has 0 saturated carbocycles. The minimum atomic E-state index is -0.409.